The Morgan fingerprint density at radius 3 is 2.67 bits per heavy atom. The summed E-state index contributed by atoms with van der Waals surface area (Å²) in [5, 5.41) is -0.542. The fourth-order valence-corrected chi connectivity index (χ4v) is 3.70. The van der Waals surface area contributed by atoms with E-state index < -0.39 is 15.1 Å². The molecule has 1 heterocycles. The van der Waals surface area contributed by atoms with Crippen LogP contribution >= 0.6 is 11.6 Å². The molecule has 0 fully saturated rings. The number of rotatable bonds is 1. The van der Waals surface area contributed by atoms with Crippen molar-refractivity contribution in [3.63, 3.8) is 0 Å². The van der Waals surface area contributed by atoms with Crippen LogP contribution in [-0.4, -0.2) is 19.4 Å². The van der Waals surface area contributed by atoms with Gasteiger partial charge in [-0.15, -0.1) is 0 Å². The molecule has 0 amide bonds. The zero-order valence-electron chi connectivity index (χ0n) is 8.08. The zero-order chi connectivity index (χ0) is 11.2. The second-order valence-electron chi connectivity index (χ2n) is 3.56. The highest BCUT2D eigenvalue weighted by molar-refractivity contribution is 7.91. The lowest BCUT2D eigenvalue weighted by Gasteiger charge is -2.06. The Morgan fingerprint density at radius 1 is 1.40 bits per heavy atom. The van der Waals surface area contributed by atoms with Crippen LogP contribution in [0.2, 0.25) is 0 Å². The highest BCUT2D eigenvalue weighted by Crippen LogP contribution is 2.30. The maximum atomic E-state index is 11.6. The van der Waals surface area contributed by atoms with E-state index in [1.54, 1.807) is 6.92 Å². The largest absolute Gasteiger partial charge is 0.276 e. The van der Waals surface area contributed by atoms with E-state index in [0.717, 1.165) is 5.56 Å². The van der Waals surface area contributed by atoms with E-state index in [0.29, 0.717) is 22.4 Å². The van der Waals surface area contributed by atoms with Gasteiger partial charge in [0.2, 0.25) is 0 Å². The van der Waals surface area contributed by atoms with Crippen molar-refractivity contribution in [3.05, 3.63) is 28.8 Å². The molecule has 1 aromatic carbocycles. The van der Waals surface area contributed by atoms with E-state index >= 15 is 0 Å². The summed E-state index contributed by atoms with van der Waals surface area (Å²) in [5.41, 5.74) is 1.82. The maximum Gasteiger partial charge on any atom is 0.252 e. The average molecular weight is 245 g/mol. The zero-order valence-corrected chi connectivity index (χ0v) is 9.65. The third-order valence-electron chi connectivity index (χ3n) is 2.72. The summed E-state index contributed by atoms with van der Waals surface area (Å²) >= 11 is 5.39. The number of carbonyl (C=O) groups is 1. The first-order valence-corrected chi connectivity index (χ1v) is 6.51. The summed E-state index contributed by atoms with van der Waals surface area (Å²) in [6.45, 7) is 1.73. The van der Waals surface area contributed by atoms with Gasteiger partial charge in [-0.05, 0) is 48.2 Å². The Hall–Kier alpha value is -0.870. The lowest BCUT2D eigenvalue weighted by Crippen LogP contribution is -2.00. The summed E-state index contributed by atoms with van der Waals surface area (Å²) in [7, 11) is -3.12. The molecule has 1 aliphatic heterocycles. The van der Waals surface area contributed by atoms with Crippen LogP contribution in [0.25, 0.3) is 0 Å². The Bertz CT molecular complexity index is 546. The SMILES string of the molecule is Cc1c(C(=O)Cl)ccc2c1CCS2(=O)=O. The minimum absolute atomic E-state index is 0.128. The molecule has 1 aromatic rings. The number of benzene rings is 1. The first-order chi connectivity index (χ1) is 6.93. The van der Waals surface area contributed by atoms with Gasteiger partial charge in [-0.3, -0.25) is 4.79 Å². The summed E-state index contributed by atoms with van der Waals surface area (Å²) in [5.74, 6) is 0.128. The maximum absolute atomic E-state index is 11.6. The molecule has 15 heavy (non-hydrogen) atoms. The number of fused-ring (bicyclic) bond motifs is 1. The van der Waals surface area contributed by atoms with E-state index in [4.69, 9.17) is 11.6 Å². The van der Waals surface area contributed by atoms with Gasteiger partial charge in [0, 0.05) is 5.56 Å². The summed E-state index contributed by atoms with van der Waals surface area (Å²) < 4.78 is 23.1. The van der Waals surface area contributed by atoms with E-state index in [1.165, 1.54) is 12.1 Å². The Balaban J connectivity index is 2.73. The molecule has 0 unspecified atom stereocenters. The quantitative estimate of drug-likeness (QED) is 0.707. The molecule has 0 saturated carbocycles. The van der Waals surface area contributed by atoms with Crippen LogP contribution in [0, 0.1) is 6.92 Å². The summed E-state index contributed by atoms with van der Waals surface area (Å²) in [4.78, 5) is 11.4. The fraction of sp³-hybridized carbons (Fsp3) is 0.300. The fourth-order valence-electron chi connectivity index (χ4n) is 1.89. The molecule has 0 aliphatic carbocycles. The minimum atomic E-state index is -3.12. The number of carbonyl (C=O) groups excluding carboxylic acids is 1. The molecule has 0 bridgehead atoms. The molecule has 0 saturated heterocycles. The van der Waals surface area contributed by atoms with Gasteiger partial charge >= 0.3 is 0 Å². The van der Waals surface area contributed by atoms with Gasteiger partial charge in [-0.2, -0.15) is 0 Å². The number of hydrogen-bond donors (Lipinski definition) is 0. The van der Waals surface area contributed by atoms with Crippen molar-refractivity contribution in [2.45, 2.75) is 18.2 Å². The molecule has 1 aliphatic rings. The van der Waals surface area contributed by atoms with Gasteiger partial charge in [0.15, 0.2) is 9.84 Å². The Labute approximate surface area is 93.0 Å². The standard InChI is InChI=1S/C10H9ClO3S/c1-6-7-4-5-15(13,14)9(7)3-2-8(6)10(11)12/h2-3H,4-5H2,1H3. The van der Waals surface area contributed by atoms with E-state index in [1.807, 2.05) is 0 Å². The van der Waals surface area contributed by atoms with E-state index in [-0.39, 0.29) is 5.75 Å². The number of hydrogen-bond acceptors (Lipinski definition) is 3. The van der Waals surface area contributed by atoms with Crippen molar-refractivity contribution in [1.29, 1.82) is 0 Å². The predicted molar refractivity (Wildman–Crippen MR) is 57.1 cm³/mol. The van der Waals surface area contributed by atoms with Gasteiger partial charge in [0.1, 0.15) is 0 Å². The van der Waals surface area contributed by atoms with Crippen molar-refractivity contribution in [2.75, 3.05) is 5.75 Å². The second-order valence-corrected chi connectivity index (χ2v) is 5.98. The smallest absolute Gasteiger partial charge is 0.252 e. The van der Waals surface area contributed by atoms with Crippen molar-refractivity contribution in [1.82, 2.24) is 0 Å². The van der Waals surface area contributed by atoms with E-state index in [2.05, 4.69) is 0 Å². The highest BCUT2D eigenvalue weighted by atomic mass is 35.5. The van der Waals surface area contributed by atoms with Crippen LogP contribution in [0.1, 0.15) is 21.5 Å². The van der Waals surface area contributed by atoms with Crippen LogP contribution in [0.3, 0.4) is 0 Å². The Morgan fingerprint density at radius 2 is 2.07 bits per heavy atom. The van der Waals surface area contributed by atoms with Gasteiger partial charge < -0.3 is 0 Å². The van der Waals surface area contributed by atoms with Crippen molar-refractivity contribution in [2.24, 2.45) is 0 Å². The van der Waals surface area contributed by atoms with Crippen molar-refractivity contribution < 1.29 is 13.2 Å². The number of halogens is 1. The topological polar surface area (TPSA) is 51.2 Å². The van der Waals surface area contributed by atoms with Crippen LogP contribution < -0.4 is 0 Å². The lowest BCUT2D eigenvalue weighted by atomic mass is 10.0. The molecule has 0 radical (unpaired) electrons. The monoisotopic (exact) mass is 244 g/mol. The van der Waals surface area contributed by atoms with Crippen LogP contribution in [0.5, 0.6) is 0 Å². The van der Waals surface area contributed by atoms with Gasteiger partial charge in [-0.1, -0.05) is 0 Å². The molecule has 0 atom stereocenters. The highest BCUT2D eigenvalue weighted by Gasteiger charge is 2.28. The normalized spacial score (nSPS) is 17.5. The molecular formula is C10H9ClO3S. The van der Waals surface area contributed by atoms with Crippen LogP contribution in [0.4, 0.5) is 0 Å². The Kier molecular flexibility index (Phi) is 2.35. The average Bonchev–Trinajstić information content (AvgIpc) is 2.43. The molecule has 2 rings (SSSR count). The molecule has 3 nitrogen and oxygen atoms in total. The summed E-state index contributed by atoms with van der Waals surface area (Å²) in [6.07, 6.45) is 0.474. The first kappa shape index (κ1) is 10.6. The molecule has 5 heteroatoms. The number of sulfone groups is 1. The van der Waals surface area contributed by atoms with Crippen LogP contribution in [-0.2, 0) is 16.3 Å². The van der Waals surface area contributed by atoms with E-state index in [9.17, 15) is 13.2 Å². The van der Waals surface area contributed by atoms with Crippen molar-refractivity contribution >= 4 is 26.7 Å². The first-order valence-electron chi connectivity index (χ1n) is 4.48. The molecular weight excluding hydrogens is 236 g/mol. The molecule has 0 aromatic heterocycles. The van der Waals surface area contributed by atoms with Gasteiger partial charge in [0.05, 0.1) is 10.6 Å². The third-order valence-corrected chi connectivity index (χ3v) is 4.72. The van der Waals surface area contributed by atoms with Crippen LogP contribution in [0.15, 0.2) is 17.0 Å². The lowest BCUT2D eigenvalue weighted by molar-refractivity contribution is 0.108. The predicted octanol–water partition coefficient (Wildman–Crippen LogP) is 1.70. The third kappa shape index (κ3) is 1.58. The molecule has 0 spiro atoms. The second kappa shape index (κ2) is 3.32. The van der Waals surface area contributed by atoms with Crippen molar-refractivity contribution in [3.8, 4) is 0 Å². The summed E-state index contributed by atoms with van der Waals surface area (Å²) in [6, 6.07) is 2.95. The molecule has 80 valence electrons. The van der Waals surface area contributed by atoms with Gasteiger partial charge in [0.25, 0.3) is 5.24 Å². The van der Waals surface area contributed by atoms with Gasteiger partial charge in [-0.25, -0.2) is 8.42 Å². The molecule has 0 N–H and O–H groups in total. The minimum Gasteiger partial charge on any atom is -0.276 e.